The van der Waals surface area contributed by atoms with Crippen LogP contribution in [0.3, 0.4) is 0 Å². The first kappa shape index (κ1) is 23.4. The number of aryl methyl sites for hydroxylation is 1. The maximum Gasteiger partial charge on any atom is 0.191 e. The van der Waals surface area contributed by atoms with Crippen LogP contribution in [-0.2, 0) is 16.5 Å². The summed E-state index contributed by atoms with van der Waals surface area (Å²) in [6.07, 6.45) is 1.78. The lowest BCUT2D eigenvalue weighted by Gasteiger charge is -2.24. The summed E-state index contributed by atoms with van der Waals surface area (Å²) in [5.41, 5.74) is 1.67. The number of morpholine rings is 2. The third-order valence-corrected chi connectivity index (χ3v) is 6.71. The molecule has 0 unspecified atom stereocenters. The zero-order valence-corrected chi connectivity index (χ0v) is 20.0. The fourth-order valence-corrected chi connectivity index (χ4v) is 4.83. The lowest BCUT2D eigenvalue weighted by molar-refractivity contribution is 0.0443. The summed E-state index contributed by atoms with van der Waals surface area (Å²) in [6, 6.07) is 0. The summed E-state index contributed by atoms with van der Waals surface area (Å²) < 4.78 is 12.7. The summed E-state index contributed by atoms with van der Waals surface area (Å²) in [4.78, 5) is 18.4. The zero-order valence-electron chi connectivity index (χ0n) is 18.4. The van der Waals surface area contributed by atoms with Crippen LogP contribution in [0, 0.1) is 23.7 Å². The van der Waals surface area contributed by atoms with Crippen LogP contribution in [0.4, 0.5) is 0 Å². The fraction of sp³-hybridized carbons (Fsp3) is 0.591. The Hall–Kier alpha value is -1.79. The molecule has 32 heavy (non-hydrogen) atoms. The number of ether oxygens (including phenoxy) is 2. The highest BCUT2D eigenvalue weighted by molar-refractivity contribution is 8.00. The molecule has 0 radical (unpaired) electrons. The SMILES string of the molecule is Cn1cnc2nc(SCC#CCN3CCOCC3)nc(SCC#CCN3CCOCC3)c21. The molecule has 8 nitrogen and oxygen atoms in total. The minimum atomic E-state index is 0.659. The van der Waals surface area contributed by atoms with E-state index >= 15 is 0 Å². The van der Waals surface area contributed by atoms with Crippen molar-refractivity contribution in [2.75, 3.05) is 77.2 Å². The molecule has 0 amide bonds. The van der Waals surface area contributed by atoms with Gasteiger partial charge in [-0.15, -0.1) is 0 Å². The van der Waals surface area contributed by atoms with Crippen LogP contribution < -0.4 is 0 Å². The van der Waals surface area contributed by atoms with Crippen molar-refractivity contribution in [1.82, 2.24) is 29.3 Å². The van der Waals surface area contributed by atoms with Crippen molar-refractivity contribution in [3.63, 3.8) is 0 Å². The van der Waals surface area contributed by atoms with Gasteiger partial charge in [0.1, 0.15) is 10.5 Å². The van der Waals surface area contributed by atoms with Gasteiger partial charge in [-0.05, 0) is 0 Å². The highest BCUT2D eigenvalue weighted by Gasteiger charge is 2.13. The average molecular weight is 473 g/mol. The molecule has 2 aromatic rings. The second kappa shape index (κ2) is 12.4. The van der Waals surface area contributed by atoms with Gasteiger partial charge in [-0.25, -0.2) is 15.0 Å². The Bertz CT molecular complexity index is 1010. The largest absolute Gasteiger partial charge is 0.379 e. The lowest BCUT2D eigenvalue weighted by atomic mass is 10.4. The molecule has 2 fully saturated rings. The number of fused-ring (bicyclic) bond motifs is 1. The second-order valence-corrected chi connectivity index (χ2v) is 9.31. The molecule has 4 rings (SSSR count). The Labute approximate surface area is 197 Å². The van der Waals surface area contributed by atoms with Crippen molar-refractivity contribution in [2.45, 2.75) is 10.2 Å². The van der Waals surface area contributed by atoms with Crippen LogP contribution in [-0.4, -0.2) is 107 Å². The average Bonchev–Trinajstić information content (AvgIpc) is 3.20. The molecule has 0 aromatic carbocycles. The minimum absolute atomic E-state index is 0.659. The second-order valence-electron chi connectivity index (χ2n) is 7.40. The van der Waals surface area contributed by atoms with Crippen LogP contribution in [0.5, 0.6) is 0 Å². The smallest absolute Gasteiger partial charge is 0.191 e. The van der Waals surface area contributed by atoms with Crippen LogP contribution in [0.2, 0.25) is 0 Å². The van der Waals surface area contributed by atoms with Gasteiger partial charge in [-0.3, -0.25) is 9.80 Å². The summed E-state index contributed by atoms with van der Waals surface area (Å²) >= 11 is 3.19. The Morgan fingerprint density at radius 3 is 2.06 bits per heavy atom. The Morgan fingerprint density at radius 2 is 1.44 bits per heavy atom. The van der Waals surface area contributed by atoms with Gasteiger partial charge in [0.05, 0.1) is 57.4 Å². The summed E-state index contributed by atoms with van der Waals surface area (Å²) in [5.74, 6) is 14.4. The van der Waals surface area contributed by atoms with E-state index < -0.39 is 0 Å². The number of hydrogen-bond donors (Lipinski definition) is 0. The van der Waals surface area contributed by atoms with Gasteiger partial charge in [0, 0.05) is 33.2 Å². The van der Waals surface area contributed by atoms with Gasteiger partial charge in [-0.1, -0.05) is 47.2 Å². The first-order valence-electron chi connectivity index (χ1n) is 10.8. The number of aromatic nitrogens is 4. The highest BCUT2D eigenvalue weighted by Crippen LogP contribution is 2.27. The van der Waals surface area contributed by atoms with Crippen molar-refractivity contribution >= 4 is 34.7 Å². The molecule has 2 aromatic heterocycles. The molecule has 0 atom stereocenters. The quantitative estimate of drug-likeness (QED) is 0.267. The third-order valence-electron chi connectivity index (χ3n) is 5.14. The third kappa shape index (κ3) is 6.85. The summed E-state index contributed by atoms with van der Waals surface area (Å²) in [5, 5.41) is 1.63. The standard InChI is InChI=1S/C22H28N6O2S2/c1-26-18-23-20-19(26)21(31-16-4-2-6-27-8-12-29-13-9-27)25-22(24-20)32-17-5-3-7-28-10-14-30-15-11-28/h18H,6-17H2,1H3. The molecule has 2 saturated heterocycles. The molecule has 0 saturated carbocycles. The summed E-state index contributed by atoms with van der Waals surface area (Å²) in [6.45, 7) is 8.60. The van der Waals surface area contributed by atoms with Crippen molar-refractivity contribution in [3.05, 3.63) is 6.33 Å². The maximum atomic E-state index is 5.38. The van der Waals surface area contributed by atoms with E-state index in [1.807, 2.05) is 11.6 Å². The van der Waals surface area contributed by atoms with E-state index in [1.165, 1.54) is 0 Å². The van der Waals surface area contributed by atoms with E-state index in [2.05, 4.69) is 43.4 Å². The summed E-state index contributed by atoms with van der Waals surface area (Å²) in [7, 11) is 1.97. The molecule has 4 heterocycles. The Morgan fingerprint density at radius 1 is 0.844 bits per heavy atom. The monoisotopic (exact) mass is 472 g/mol. The van der Waals surface area contributed by atoms with E-state index in [0.29, 0.717) is 16.7 Å². The van der Waals surface area contributed by atoms with Gasteiger partial charge in [0.2, 0.25) is 0 Å². The molecule has 0 spiro atoms. The number of rotatable bonds is 6. The van der Waals surface area contributed by atoms with Gasteiger partial charge in [-0.2, -0.15) is 0 Å². The first-order chi connectivity index (χ1) is 15.8. The molecule has 10 heteroatoms. The van der Waals surface area contributed by atoms with Crippen LogP contribution in [0.1, 0.15) is 0 Å². The van der Waals surface area contributed by atoms with Crippen molar-refractivity contribution < 1.29 is 9.47 Å². The van der Waals surface area contributed by atoms with Crippen LogP contribution in [0.15, 0.2) is 16.5 Å². The minimum Gasteiger partial charge on any atom is -0.379 e. The van der Waals surface area contributed by atoms with E-state index in [1.54, 1.807) is 29.9 Å². The zero-order chi connectivity index (χ0) is 22.0. The van der Waals surface area contributed by atoms with Gasteiger partial charge >= 0.3 is 0 Å². The van der Waals surface area contributed by atoms with E-state index in [-0.39, 0.29) is 0 Å². The molecule has 2 aliphatic heterocycles. The van der Waals surface area contributed by atoms with Crippen molar-refractivity contribution in [1.29, 1.82) is 0 Å². The fourth-order valence-electron chi connectivity index (χ4n) is 3.33. The van der Waals surface area contributed by atoms with Gasteiger partial charge in [0.25, 0.3) is 0 Å². The number of hydrogen-bond acceptors (Lipinski definition) is 9. The van der Waals surface area contributed by atoms with E-state index in [9.17, 15) is 0 Å². The molecule has 170 valence electrons. The van der Waals surface area contributed by atoms with E-state index in [4.69, 9.17) is 14.5 Å². The molecular weight excluding hydrogens is 444 g/mol. The first-order valence-corrected chi connectivity index (χ1v) is 12.7. The van der Waals surface area contributed by atoms with Crippen LogP contribution >= 0.6 is 23.5 Å². The number of imidazole rings is 1. The lowest BCUT2D eigenvalue weighted by Crippen LogP contribution is -2.36. The normalized spacial score (nSPS) is 17.5. The predicted octanol–water partition coefficient (Wildman–Crippen LogP) is 1.22. The van der Waals surface area contributed by atoms with E-state index in [0.717, 1.165) is 81.9 Å². The number of nitrogens with zero attached hydrogens (tertiary/aromatic N) is 6. The predicted molar refractivity (Wildman–Crippen MR) is 128 cm³/mol. The molecular formula is C22H28N6O2S2. The topological polar surface area (TPSA) is 68.5 Å². The van der Waals surface area contributed by atoms with Crippen LogP contribution in [0.25, 0.3) is 11.2 Å². The molecule has 0 N–H and O–H groups in total. The Kier molecular flexibility index (Phi) is 9.09. The van der Waals surface area contributed by atoms with Crippen molar-refractivity contribution in [3.8, 4) is 23.7 Å². The van der Waals surface area contributed by atoms with Crippen molar-refractivity contribution in [2.24, 2.45) is 7.05 Å². The highest BCUT2D eigenvalue weighted by atomic mass is 32.2. The molecule has 0 aliphatic carbocycles. The number of thioether (sulfide) groups is 2. The molecule has 0 bridgehead atoms. The maximum absolute atomic E-state index is 5.38. The van der Waals surface area contributed by atoms with Gasteiger partial charge < -0.3 is 14.0 Å². The molecule has 2 aliphatic rings. The Balaban J connectivity index is 1.32. The van der Waals surface area contributed by atoms with Gasteiger partial charge in [0.15, 0.2) is 10.8 Å².